The molecule has 0 fully saturated rings. The second kappa shape index (κ2) is 9.62. The number of aromatic nitrogens is 1. The van der Waals surface area contributed by atoms with Crippen LogP contribution in [0.3, 0.4) is 0 Å². The predicted molar refractivity (Wildman–Crippen MR) is 125 cm³/mol. The first-order chi connectivity index (χ1) is 14.8. The highest BCUT2D eigenvalue weighted by Gasteiger charge is 2.16. The van der Waals surface area contributed by atoms with Crippen LogP contribution < -0.4 is 10.6 Å². The molecule has 3 rings (SSSR count). The number of nitrogens with zero attached hydrogens (tertiary/aromatic N) is 2. The molecule has 0 aliphatic rings. The highest BCUT2D eigenvalue weighted by Crippen LogP contribution is 2.29. The molecule has 7 heteroatoms. The quantitative estimate of drug-likeness (QED) is 0.559. The third kappa shape index (κ3) is 5.41. The standard InChI is InChI=1S/C24H25ClN4O2/c1-15(17-8-6-5-7-9-17)26-21-12-10-18(14-20(21)25)28-23(30)19-11-13-22(27-16(19)2)24(31)29(3)4/h5-15,26H,1-4H3,(H,28,30). The predicted octanol–water partition coefficient (Wildman–Crippen LogP) is 5.17. The fourth-order valence-corrected chi connectivity index (χ4v) is 3.35. The van der Waals surface area contributed by atoms with Gasteiger partial charge in [0.2, 0.25) is 0 Å². The van der Waals surface area contributed by atoms with Crippen molar-refractivity contribution >= 4 is 34.8 Å². The minimum atomic E-state index is -0.316. The van der Waals surface area contributed by atoms with Gasteiger partial charge in [-0.3, -0.25) is 9.59 Å². The van der Waals surface area contributed by atoms with E-state index in [9.17, 15) is 9.59 Å². The van der Waals surface area contributed by atoms with Crippen molar-refractivity contribution in [2.75, 3.05) is 24.7 Å². The summed E-state index contributed by atoms with van der Waals surface area (Å²) in [6, 6.07) is 18.6. The number of rotatable bonds is 6. The zero-order valence-electron chi connectivity index (χ0n) is 17.9. The maximum Gasteiger partial charge on any atom is 0.271 e. The molecule has 1 unspecified atom stereocenters. The Morgan fingerprint density at radius 1 is 1.03 bits per heavy atom. The number of hydrogen-bond donors (Lipinski definition) is 2. The minimum absolute atomic E-state index is 0.0799. The molecule has 31 heavy (non-hydrogen) atoms. The first-order valence-electron chi connectivity index (χ1n) is 9.88. The summed E-state index contributed by atoms with van der Waals surface area (Å²) in [6.45, 7) is 3.76. The number of amides is 2. The summed E-state index contributed by atoms with van der Waals surface area (Å²) >= 11 is 6.44. The first kappa shape index (κ1) is 22.3. The van der Waals surface area contributed by atoms with Crippen molar-refractivity contribution in [2.24, 2.45) is 0 Å². The number of nitrogens with one attached hydrogen (secondary N) is 2. The van der Waals surface area contributed by atoms with Crippen molar-refractivity contribution in [1.82, 2.24) is 9.88 Å². The maximum absolute atomic E-state index is 12.7. The van der Waals surface area contributed by atoms with E-state index in [0.29, 0.717) is 27.7 Å². The fourth-order valence-electron chi connectivity index (χ4n) is 3.12. The molecule has 1 heterocycles. The van der Waals surface area contributed by atoms with E-state index >= 15 is 0 Å². The topological polar surface area (TPSA) is 74.3 Å². The van der Waals surface area contributed by atoms with Gasteiger partial charge < -0.3 is 15.5 Å². The largest absolute Gasteiger partial charge is 0.377 e. The lowest BCUT2D eigenvalue weighted by molar-refractivity contribution is 0.0821. The van der Waals surface area contributed by atoms with E-state index in [1.807, 2.05) is 36.4 Å². The van der Waals surface area contributed by atoms with Gasteiger partial charge in [-0.2, -0.15) is 0 Å². The summed E-state index contributed by atoms with van der Waals surface area (Å²) in [4.78, 5) is 30.5. The van der Waals surface area contributed by atoms with Crippen molar-refractivity contribution in [1.29, 1.82) is 0 Å². The molecule has 0 radical (unpaired) electrons. The van der Waals surface area contributed by atoms with Crippen molar-refractivity contribution in [3.8, 4) is 0 Å². The van der Waals surface area contributed by atoms with Gasteiger partial charge in [0, 0.05) is 25.8 Å². The van der Waals surface area contributed by atoms with Gasteiger partial charge in [-0.05, 0) is 49.7 Å². The number of anilines is 2. The van der Waals surface area contributed by atoms with Crippen LogP contribution in [-0.4, -0.2) is 35.8 Å². The van der Waals surface area contributed by atoms with Gasteiger partial charge in [0.1, 0.15) is 5.69 Å². The van der Waals surface area contributed by atoms with Crippen LogP contribution in [0, 0.1) is 6.92 Å². The zero-order chi connectivity index (χ0) is 22.5. The van der Waals surface area contributed by atoms with E-state index in [1.54, 1.807) is 45.3 Å². The molecule has 6 nitrogen and oxygen atoms in total. The third-order valence-corrected chi connectivity index (χ3v) is 5.17. The van der Waals surface area contributed by atoms with E-state index in [0.717, 1.165) is 11.3 Å². The SMILES string of the molecule is Cc1nc(C(=O)N(C)C)ccc1C(=O)Nc1ccc(NC(C)c2ccccc2)c(Cl)c1. The Kier molecular flexibility index (Phi) is 6.92. The normalized spacial score (nSPS) is 11.5. The van der Waals surface area contributed by atoms with Gasteiger partial charge in [-0.1, -0.05) is 41.9 Å². The van der Waals surface area contributed by atoms with E-state index in [2.05, 4.69) is 22.5 Å². The first-order valence-corrected chi connectivity index (χ1v) is 10.3. The molecule has 0 saturated carbocycles. The van der Waals surface area contributed by atoms with E-state index < -0.39 is 0 Å². The van der Waals surface area contributed by atoms with Crippen molar-refractivity contribution in [3.63, 3.8) is 0 Å². The van der Waals surface area contributed by atoms with Gasteiger partial charge in [0.05, 0.1) is 22.0 Å². The Hall–Kier alpha value is -3.38. The van der Waals surface area contributed by atoms with Crippen LogP contribution >= 0.6 is 11.6 Å². The van der Waals surface area contributed by atoms with Crippen molar-refractivity contribution < 1.29 is 9.59 Å². The summed E-state index contributed by atoms with van der Waals surface area (Å²) in [5.74, 6) is -0.530. The third-order valence-electron chi connectivity index (χ3n) is 4.85. The Morgan fingerprint density at radius 2 is 1.74 bits per heavy atom. The molecule has 2 amide bonds. The molecule has 160 valence electrons. The lowest BCUT2D eigenvalue weighted by atomic mass is 10.1. The van der Waals surface area contributed by atoms with Crippen molar-refractivity contribution in [3.05, 3.63) is 88.2 Å². The molecule has 0 aliphatic carbocycles. The number of hydrogen-bond acceptors (Lipinski definition) is 4. The highest BCUT2D eigenvalue weighted by molar-refractivity contribution is 6.33. The van der Waals surface area contributed by atoms with Crippen molar-refractivity contribution in [2.45, 2.75) is 19.9 Å². The Balaban J connectivity index is 1.71. The van der Waals surface area contributed by atoms with Crippen LogP contribution in [0.25, 0.3) is 0 Å². The maximum atomic E-state index is 12.7. The molecule has 0 aliphatic heterocycles. The number of halogens is 1. The lowest BCUT2D eigenvalue weighted by Crippen LogP contribution is -2.23. The molecule has 0 bridgehead atoms. The Labute approximate surface area is 187 Å². The second-order valence-corrected chi connectivity index (χ2v) is 7.86. The summed E-state index contributed by atoms with van der Waals surface area (Å²) < 4.78 is 0. The van der Waals surface area contributed by atoms with Crippen LogP contribution in [0.5, 0.6) is 0 Å². The number of pyridine rings is 1. The summed E-state index contributed by atoms with van der Waals surface area (Å²) in [7, 11) is 3.31. The van der Waals surface area contributed by atoms with Crippen LogP contribution in [0.2, 0.25) is 5.02 Å². The average Bonchev–Trinajstić information content (AvgIpc) is 2.75. The highest BCUT2D eigenvalue weighted by atomic mass is 35.5. The van der Waals surface area contributed by atoms with Crippen LogP contribution in [0.15, 0.2) is 60.7 Å². The molecular formula is C24H25ClN4O2. The number of benzene rings is 2. The van der Waals surface area contributed by atoms with Gasteiger partial charge in [0.15, 0.2) is 0 Å². The number of carbonyl (C=O) groups is 2. The molecule has 1 aromatic heterocycles. The molecule has 0 spiro atoms. The summed E-state index contributed by atoms with van der Waals surface area (Å²) in [5.41, 5.74) is 3.67. The molecule has 3 aromatic rings. The van der Waals surface area contributed by atoms with Crippen LogP contribution in [-0.2, 0) is 0 Å². The number of carbonyl (C=O) groups excluding carboxylic acids is 2. The number of aryl methyl sites for hydroxylation is 1. The monoisotopic (exact) mass is 436 g/mol. The Bertz CT molecular complexity index is 1100. The van der Waals surface area contributed by atoms with E-state index in [4.69, 9.17) is 11.6 Å². The molecular weight excluding hydrogens is 412 g/mol. The van der Waals surface area contributed by atoms with Crippen LogP contribution in [0.1, 0.15) is 45.1 Å². The molecule has 1 atom stereocenters. The molecule has 2 aromatic carbocycles. The lowest BCUT2D eigenvalue weighted by Gasteiger charge is -2.17. The van der Waals surface area contributed by atoms with Crippen LogP contribution in [0.4, 0.5) is 11.4 Å². The fraction of sp³-hybridized carbons (Fsp3) is 0.208. The zero-order valence-corrected chi connectivity index (χ0v) is 18.7. The average molecular weight is 437 g/mol. The van der Waals surface area contributed by atoms with Gasteiger partial charge in [-0.25, -0.2) is 4.98 Å². The summed E-state index contributed by atoms with van der Waals surface area (Å²) in [5, 5.41) is 6.72. The van der Waals surface area contributed by atoms with Gasteiger partial charge in [-0.15, -0.1) is 0 Å². The smallest absolute Gasteiger partial charge is 0.271 e. The second-order valence-electron chi connectivity index (χ2n) is 7.45. The molecule has 2 N–H and O–H groups in total. The minimum Gasteiger partial charge on any atom is -0.377 e. The van der Waals surface area contributed by atoms with E-state index in [-0.39, 0.29) is 17.9 Å². The Morgan fingerprint density at radius 3 is 2.35 bits per heavy atom. The van der Waals surface area contributed by atoms with E-state index in [1.165, 1.54) is 4.90 Å². The molecule has 0 saturated heterocycles. The van der Waals surface area contributed by atoms with Gasteiger partial charge in [0.25, 0.3) is 11.8 Å². The summed E-state index contributed by atoms with van der Waals surface area (Å²) in [6.07, 6.45) is 0. The van der Waals surface area contributed by atoms with Gasteiger partial charge >= 0.3 is 0 Å².